The van der Waals surface area contributed by atoms with Gasteiger partial charge in [-0.05, 0) is 0 Å². The smallest absolute Gasteiger partial charge is 0.178 e. The quantitative estimate of drug-likeness (QED) is 0.508. The second-order valence-corrected chi connectivity index (χ2v) is 0.590. The largest absolute Gasteiger partial charge is 0.415 e. The molecule has 0 heterocycles. The maximum atomic E-state index is 10.4. The van der Waals surface area contributed by atoms with Crippen molar-refractivity contribution in [3.63, 3.8) is 0 Å². The van der Waals surface area contributed by atoms with E-state index in [-0.39, 0.29) is 21.1 Å². The van der Waals surface area contributed by atoms with E-state index in [1.165, 1.54) is 0 Å². The van der Waals surface area contributed by atoms with Gasteiger partial charge in [-0.2, -0.15) is 0 Å². The summed E-state index contributed by atoms with van der Waals surface area (Å²) >= 11 is 0. The molecule has 0 aliphatic rings. The Morgan fingerprint density at radius 1 is 1.14 bits per heavy atom. The van der Waals surface area contributed by atoms with Crippen LogP contribution >= 0.6 is 0 Å². The zero-order valence-corrected chi connectivity index (χ0v) is 5.93. The van der Waals surface area contributed by atoms with E-state index in [1.807, 2.05) is 0 Å². The fourth-order valence-corrected chi connectivity index (χ4v) is 0. The van der Waals surface area contributed by atoms with Crippen molar-refractivity contribution < 1.29 is 38.6 Å². The monoisotopic (exact) mass is 285 g/mol. The van der Waals surface area contributed by atoms with Crippen molar-refractivity contribution in [1.29, 1.82) is 0 Å². The van der Waals surface area contributed by atoms with Crippen molar-refractivity contribution in [3.05, 3.63) is 6.43 Å². The van der Waals surface area contributed by atoms with Crippen molar-refractivity contribution in [3.8, 4) is 0 Å². The van der Waals surface area contributed by atoms with Crippen LogP contribution in [0.25, 0.3) is 0 Å². The number of alkyl halides is 2. The van der Waals surface area contributed by atoms with E-state index in [1.54, 1.807) is 0 Å². The Balaban J connectivity index is 0. The molecule has 0 spiro atoms. The molecule has 0 aromatic rings. The Hall–Kier alpha value is 0.408. The second kappa shape index (κ2) is 4.56. The van der Waals surface area contributed by atoms with Crippen LogP contribution in [0.1, 0.15) is 0 Å². The van der Waals surface area contributed by atoms with Crippen molar-refractivity contribution in [1.82, 2.24) is 0 Å². The molecule has 0 rings (SSSR count). The summed E-state index contributed by atoms with van der Waals surface area (Å²) in [7, 11) is 0. The minimum Gasteiger partial charge on any atom is -0.415 e. The molecule has 0 aromatic heterocycles. The standard InChI is InChI=1S/C2HF4.W/c3-1(4)2(5)6;/h1H;/q-1;. The number of hydrogen-bond acceptors (Lipinski definition) is 0. The van der Waals surface area contributed by atoms with E-state index >= 15 is 0 Å². The predicted octanol–water partition coefficient (Wildman–Crippen LogP) is 1.68. The molecular weight excluding hydrogens is 284 g/mol. The molecule has 44 valence electrons. The van der Waals surface area contributed by atoms with Gasteiger partial charge in [-0.25, -0.2) is 8.78 Å². The fraction of sp³-hybridized carbons (Fsp3) is 0.500. The van der Waals surface area contributed by atoms with E-state index in [9.17, 15) is 17.6 Å². The van der Waals surface area contributed by atoms with Crippen LogP contribution in [0.5, 0.6) is 0 Å². The average molecular weight is 285 g/mol. The van der Waals surface area contributed by atoms with Crippen molar-refractivity contribution in [2.45, 2.75) is 6.43 Å². The Kier molecular flexibility index (Phi) is 6.78. The predicted molar refractivity (Wildman–Crippen MR) is 11.5 cm³/mol. The molecule has 5 heteroatoms. The summed E-state index contributed by atoms with van der Waals surface area (Å²) in [6.45, 7) is 0. The number of rotatable bonds is 1. The first kappa shape index (κ1) is 10.4. The van der Waals surface area contributed by atoms with Crippen molar-refractivity contribution in [2.24, 2.45) is 0 Å². The van der Waals surface area contributed by atoms with Crippen LogP contribution in [0.4, 0.5) is 17.6 Å². The summed E-state index contributed by atoms with van der Waals surface area (Å²) in [5.74, 6) is 0. The summed E-state index contributed by atoms with van der Waals surface area (Å²) in [4.78, 5) is 0. The summed E-state index contributed by atoms with van der Waals surface area (Å²) in [5, 5.41) is 0. The van der Waals surface area contributed by atoms with Gasteiger partial charge in [0, 0.05) is 21.1 Å². The molecule has 0 aliphatic carbocycles. The van der Waals surface area contributed by atoms with E-state index in [0.29, 0.717) is 0 Å². The fourth-order valence-electron chi connectivity index (χ4n) is 0. The molecule has 0 saturated heterocycles. The Morgan fingerprint density at radius 3 is 1.29 bits per heavy atom. The van der Waals surface area contributed by atoms with Crippen LogP contribution in [-0.4, -0.2) is 6.43 Å². The molecule has 0 saturated carbocycles. The van der Waals surface area contributed by atoms with Crippen LogP contribution < -0.4 is 0 Å². The van der Waals surface area contributed by atoms with Crippen LogP contribution in [0.15, 0.2) is 0 Å². The van der Waals surface area contributed by atoms with Crippen LogP contribution in [0.3, 0.4) is 0 Å². The van der Waals surface area contributed by atoms with E-state index in [0.717, 1.165) is 0 Å². The van der Waals surface area contributed by atoms with Gasteiger partial charge in [-0.15, -0.1) is 0 Å². The third-order valence-electron chi connectivity index (χ3n) is 0.165. The van der Waals surface area contributed by atoms with Crippen LogP contribution in [-0.2, 0) is 21.1 Å². The molecule has 0 N–H and O–H groups in total. The second-order valence-electron chi connectivity index (χ2n) is 0.590. The van der Waals surface area contributed by atoms with Gasteiger partial charge in [0.2, 0.25) is 0 Å². The number of hydrogen-bond donors (Lipinski definition) is 0. The molecule has 0 bridgehead atoms. The molecule has 0 aliphatic heterocycles. The van der Waals surface area contributed by atoms with Crippen LogP contribution in [0.2, 0.25) is 0 Å². The third kappa shape index (κ3) is 6.41. The van der Waals surface area contributed by atoms with Gasteiger partial charge in [0.15, 0.2) is 6.43 Å². The summed E-state index contributed by atoms with van der Waals surface area (Å²) in [6, 6.07) is 0. The first-order chi connectivity index (χ1) is 2.64. The molecule has 0 fully saturated rings. The van der Waals surface area contributed by atoms with E-state index in [2.05, 4.69) is 0 Å². The maximum absolute atomic E-state index is 10.4. The molecule has 0 aromatic carbocycles. The minimum atomic E-state index is -3.56. The maximum Gasteiger partial charge on any atom is 0.178 e. The normalized spacial score (nSPS) is 9.43. The van der Waals surface area contributed by atoms with Gasteiger partial charge < -0.3 is 8.78 Å². The molecule has 0 amide bonds. The summed E-state index contributed by atoms with van der Waals surface area (Å²) in [6.07, 6.45) is -6.39. The van der Waals surface area contributed by atoms with Gasteiger partial charge in [-0.1, -0.05) is 0 Å². The summed E-state index contributed by atoms with van der Waals surface area (Å²) in [5.41, 5.74) is 0. The molecule has 0 nitrogen and oxygen atoms in total. The van der Waals surface area contributed by atoms with Gasteiger partial charge >= 0.3 is 0 Å². The third-order valence-corrected chi connectivity index (χ3v) is 0.165. The van der Waals surface area contributed by atoms with Gasteiger partial charge in [0.25, 0.3) is 0 Å². The summed E-state index contributed by atoms with van der Waals surface area (Å²) < 4.78 is 41.4. The zero-order valence-electron chi connectivity index (χ0n) is 3.00. The van der Waals surface area contributed by atoms with Crippen molar-refractivity contribution >= 4 is 0 Å². The van der Waals surface area contributed by atoms with Crippen molar-refractivity contribution in [2.75, 3.05) is 0 Å². The van der Waals surface area contributed by atoms with Crippen LogP contribution in [0, 0.1) is 6.43 Å². The Labute approximate surface area is 52.2 Å². The average Bonchev–Trinajstić information content (AvgIpc) is 1.36. The first-order valence-corrected chi connectivity index (χ1v) is 1.10. The van der Waals surface area contributed by atoms with Gasteiger partial charge in [0.1, 0.15) is 0 Å². The van der Waals surface area contributed by atoms with Gasteiger partial charge in [-0.3, -0.25) is 0 Å². The SMILES string of the molecule is F[C-](F)C(F)F.[W]. The van der Waals surface area contributed by atoms with Gasteiger partial charge in [0.05, 0.1) is 6.43 Å². The van der Waals surface area contributed by atoms with E-state index < -0.39 is 12.9 Å². The molecule has 0 radical (unpaired) electrons. The number of halogens is 4. The first-order valence-electron chi connectivity index (χ1n) is 1.10. The zero-order chi connectivity index (χ0) is 5.15. The Bertz CT molecular complexity index is 30.7. The topological polar surface area (TPSA) is 0 Å². The molecule has 0 unspecified atom stereocenters. The minimum absolute atomic E-state index is 0. The Morgan fingerprint density at radius 2 is 1.29 bits per heavy atom. The molecular formula is C2HF4W-. The molecule has 7 heavy (non-hydrogen) atoms. The van der Waals surface area contributed by atoms with E-state index in [4.69, 9.17) is 0 Å². The molecule has 0 atom stereocenters.